The quantitative estimate of drug-likeness (QED) is 0.472. The lowest BCUT2D eigenvalue weighted by Crippen LogP contribution is -3.00. The Labute approximate surface area is 98.4 Å². The first kappa shape index (κ1) is 10.7. The number of halogens is 1. The van der Waals surface area contributed by atoms with Crippen molar-refractivity contribution in [2.24, 2.45) is 7.05 Å². The fourth-order valence-corrected chi connectivity index (χ4v) is 2.29. The van der Waals surface area contributed by atoms with Gasteiger partial charge in [0.2, 0.25) is 0 Å². The Bertz CT molecular complexity index is 436. The van der Waals surface area contributed by atoms with Gasteiger partial charge in [0.25, 0.3) is 0 Å². The van der Waals surface area contributed by atoms with Gasteiger partial charge in [0, 0.05) is 0 Å². The van der Waals surface area contributed by atoms with Gasteiger partial charge in [0.05, 0.1) is 11.7 Å². The second kappa shape index (κ2) is 3.79. The van der Waals surface area contributed by atoms with E-state index in [4.69, 9.17) is 5.73 Å². The van der Waals surface area contributed by atoms with Crippen LogP contribution in [0.15, 0.2) is 18.2 Å². The molecule has 0 fully saturated rings. The van der Waals surface area contributed by atoms with Gasteiger partial charge >= 0.3 is 5.13 Å². The minimum Gasteiger partial charge on any atom is -1.00 e. The molecule has 2 aromatic rings. The number of aromatic nitrogens is 1. The maximum Gasteiger partial charge on any atom is 0.332 e. The van der Waals surface area contributed by atoms with Crippen molar-refractivity contribution < 1.29 is 28.5 Å². The first-order chi connectivity index (χ1) is 5.68. The predicted molar refractivity (Wildman–Crippen MR) is 52.2 cm³/mol. The number of hydrogen-bond acceptors (Lipinski definition) is 2. The Morgan fingerprint density at radius 1 is 1.38 bits per heavy atom. The van der Waals surface area contributed by atoms with Crippen molar-refractivity contribution >= 4 is 26.7 Å². The maximum atomic E-state index is 5.78. The van der Waals surface area contributed by atoms with Crippen molar-refractivity contribution in [1.82, 2.24) is 0 Å². The zero-order valence-corrected chi connectivity index (χ0v) is 10.5. The number of nitrogens with zero attached hydrogens (tertiary/aromatic N) is 1. The smallest absolute Gasteiger partial charge is 0.332 e. The summed E-state index contributed by atoms with van der Waals surface area (Å²) in [5.74, 6) is 0. The first-order valence-electron chi connectivity index (χ1n) is 3.83. The molecule has 2 nitrogen and oxygen atoms in total. The molecule has 0 unspecified atom stereocenters. The monoisotopic (exact) mass is 306 g/mol. The van der Waals surface area contributed by atoms with Crippen LogP contribution in [0.1, 0.15) is 5.56 Å². The third-order valence-corrected chi connectivity index (χ3v) is 3.05. The Balaban J connectivity index is 0.000000845. The molecular weight excluding hydrogens is 295 g/mol. The summed E-state index contributed by atoms with van der Waals surface area (Å²) in [7, 11) is 1.99. The normalized spacial score (nSPS) is 10.0. The number of fused-ring (bicyclic) bond motifs is 1. The van der Waals surface area contributed by atoms with Gasteiger partial charge < -0.3 is 24.0 Å². The van der Waals surface area contributed by atoms with E-state index in [1.54, 1.807) is 11.3 Å². The van der Waals surface area contributed by atoms with Gasteiger partial charge in [0.15, 0.2) is 0 Å². The zero-order valence-electron chi connectivity index (χ0n) is 7.54. The van der Waals surface area contributed by atoms with Crippen LogP contribution in [-0.2, 0) is 7.05 Å². The molecule has 4 heteroatoms. The van der Waals surface area contributed by atoms with E-state index < -0.39 is 0 Å². The lowest BCUT2D eigenvalue weighted by Gasteiger charge is -1.90. The molecule has 70 valence electrons. The van der Waals surface area contributed by atoms with E-state index in [9.17, 15) is 0 Å². The number of anilines is 1. The molecule has 1 aromatic carbocycles. The molecule has 1 heterocycles. The van der Waals surface area contributed by atoms with Gasteiger partial charge in [-0.15, -0.1) is 0 Å². The molecule has 0 radical (unpaired) electrons. The number of rotatable bonds is 0. The van der Waals surface area contributed by atoms with Crippen LogP contribution < -0.4 is 34.3 Å². The predicted octanol–water partition coefficient (Wildman–Crippen LogP) is -1.38. The molecule has 0 bridgehead atoms. The molecule has 0 saturated carbocycles. The van der Waals surface area contributed by atoms with E-state index in [2.05, 4.69) is 25.1 Å². The fourth-order valence-electron chi connectivity index (χ4n) is 1.28. The summed E-state index contributed by atoms with van der Waals surface area (Å²) in [6.07, 6.45) is 0. The third kappa shape index (κ3) is 1.78. The number of aryl methyl sites for hydroxylation is 2. The Morgan fingerprint density at radius 3 is 2.77 bits per heavy atom. The summed E-state index contributed by atoms with van der Waals surface area (Å²) in [5, 5.41) is 0.857. The van der Waals surface area contributed by atoms with Crippen molar-refractivity contribution in [2.45, 2.75) is 6.92 Å². The Kier molecular flexibility index (Phi) is 3.13. The SMILES string of the molecule is Cc1ccc2c(c1)sc(N)[n+]2C.[I-]. The molecule has 0 spiro atoms. The number of benzene rings is 1. The average molecular weight is 306 g/mol. The second-order valence-electron chi connectivity index (χ2n) is 2.97. The highest BCUT2D eigenvalue weighted by Crippen LogP contribution is 2.21. The molecule has 2 rings (SSSR count). The molecule has 0 aliphatic rings. The lowest BCUT2D eigenvalue weighted by molar-refractivity contribution is -0.626. The summed E-state index contributed by atoms with van der Waals surface area (Å²) in [5.41, 5.74) is 8.28. The number of nitrogen functional groups attached to an aromatic ring is 1. The van der Waals surface area contributed by atoms with Gasteiger partial charge in [-0.1, -0.05) is 6.07 Å². The highest BCUT2D eigenvalue weighted by Gasteiger charge is 2.09. The Hall–Kier alpha value is -0.360. The van der Waals surface area contributed by atoms with Gasteiger partial charge in [-0.25, -0.2) is 4.57 Å². The highest BCUT2D eigenvalue weighted by atomic mass is 127. The minimum atomic E-state index is 0. The second-order valence-corrected chi connectivity index (χ2v) is 4.03. The van der Waals surface area contributed by atoms with Crippen LogP contribution in [0.4, 0.5) is 5.13 Å². The molecule has 0 atom stereocenters. The van der Waals surface area contributed by atoms with Crippen molar-refractivity contribution in [3.05, 3.63) is 23.8 Å². The minimum absolute atomic E-state index is 0. The topological polar surface area (TPSA) is 29.9 Å². The van der Waals surface area contributed by atoms with E-state index in [0.29, 0.717) is 0 Å². The average Bonchev–Trinajstić information content (AvgIpc) is 2.28. The third-order valence-electron chi connectivity index (χ3n) is 2.02. The molecule has 2 N–H and O–H groups in total. The summed E-state index contributed by atoms with van der Waals surface area (Å²) in [4.78, 5) is 0. The van der Waals surface area contributed by atoms with Crippen LogP contribution in [0.2, 0.25) is 0 Å². The van der Waals surface area contributed by atoms with Crippen LogP contribution >= 0.6 is 11.3 Å². The van der Waals surface area contributed by atoms with Crippen LogP contribution in [0.25, 0.3) is 10.2 Å². The van der Waals surface area contributed by atoms with E-state index >= 15 is 0 Å². The van der Waals surface area contributed by atoms with E-state index in [1.807, 2.05) is 11.6 Å². The van der Waals surface area contributed by atoms with Crippen molar-refractivity contribution in [3.8, 4) is 0 Å². The molecule has 1 aromatic heterocycles. The van der Waals surface area contributed by atoms with Crippen molar-refractivity contribution in [2.75, 3.05) is 5.73 Å². The first-order valence-corrected chi connectivity index (χ1v) is 4.65. The van der Waals surface area contributed by atoms with E-state index in [0.717, 1.165) is 5.13 Å². The van der Waals surface area contributed by atoms with Gasteiger partial charge in [-0.3, -0.25) is 5.73 Å². The van der Waals surface area contributed by atoms with Crippen LogP contribution in [0.3, 0.4) is 0 Å². The Morgan fingerprint density at radius 2 is 2.08 bits per heavy atom. The largest absolute Gasteiger partial charge is 1.00 e. The summed E-state index contributed by atoms with van der Waals surface area (Å²) in [6.45, 7) is 2.09. The fraction of sp³-hybridized carbons (Fsp3) is 0.222. The number of nitrogens with two attached hydrogens (primary N) is 1. The van der Waals surface area contributed by atoms with Gasteiger partial charge in [-0.05, 0) is 36.0 Å². The van der Waals surface area contributed by atoms with Gasteiger partial charge in [-0.2, -0.15) is 0 Å². The standard InChI is InChI=1S/C9H10N2S.HI/c1-6-3-4-7-8(5-6)12-9(10)11(7)2;/h3-5,10H,1-2H3;1H. The molecule has 0 aliphatic heterocycles. The van der Waals surface area contributed by atoms with Crippen molar-refractivity contribution in [3.63, 3.8) is 0 Å². The lowest BCUT2D eigenvalue weighted by atomic mass is 10.2. The molecule has 0 aliphatic carbocycles. The summed E-state index contributed by atoms with van der Waals surface area (Å²) in [6, 6.07) is 6.38. The van der Waals surface area contributed by atoms with Crippen molar-refractivity contribution in [1.29, 1.82) is 0 Å². The van der Waals surface area contributed by atoms with Crippen LogP contribution in [-0.4, -0.2) is 0 Å². The zero-order chi connectivity index (χ0) is 8.72. The van der Waals surface area contributed by atoms with Crippen LogP contribution in [0.5, 0.6) is 0 Å². The van der Waals surface area contributed by atoms with Gasteiger partial charge in [0.1, 0.15) is 5.52 Å². The highest BCUT2D eigenvalue weighted by molar-refractivity contribution is 7.21. The molecule has 0 saturated heterocycles. The van der Waals surface area contributed by atoms with E-state index in [-0.39, 0.29) is 24.0 Å². The number of hydrogen-bond donors (Lipinski definition) is 1. The molecule has 13 heavy (non-hydrogen) atoms. The summed E-state index contributed by atoms with van der Waals surface area (Å²) >= 11 is 1.63. The number of thiazole rings is 1. The van der Waals surface area contributed by atoms with E-state index in [1.165, 1.54) is 15.8 Å². The molecule has 0 amide bonds. The van der Waals surface area contributed by atoms with Crippen LogP contribution in [0, 0.1) is 6.92 Å². The summed E-state index contributed by atoms with van der Waals surface area (Å²) < 4.78 is 3.27. The molecular formula is C9H11IN2S. The maximum absolute atomic E-state index is 5.78.